The number of rotatable bonds is 4. The summed E-state index contributed by atoms with van der Waals surface area (Å²) in [6.45, 7) is 18.4. The summed E-state index contributed by atoms with van der Waals surface area (Å²) in [5.41, 5.74) is 26.3. The highest BCUT2D eigenvalue weighted by molar-refractivity contribution is 6.35. The van der Waals surface area contributed by atoms with E-state index in [1.807, 2.05) is 0 Å². The largest absolute Gasteiger partial charge is 0.0616 e. The van der Waals surface area contributed by atoms with Crippen molar-refractivity contribution in [3.8, 4) is 89.0 Å². The van der Waals surface area contributed by atoms with Crippen molar-refractivity contribution in [2.24, 2.45) is 0 Å². The maximum absolute atomic E-state index is 2.48. The van der Waals surface area contributed by atoms with Crippen molar-refractivity contribution >= 4 is 32.3 Å². The minimum atomic E-state index is 0.00712. The molecule has 10 aromatic carbocycles. The third kappa shape index (κ3) is 5.61. The molecule has 0 nitrogen and oxygen atoms in total. The minimum Gasteiger partial charge on any atom is -0.0616 e. The van der Waals surface area contributed by atoms with Crippen LogP contribution in [0, 0.1) is 13.8 Å². The van der Waals surface area contributed by atoms with E-state index < -0.39 is 0 Å². The van der Waals surface area contributed by atoms with Crippen molar-refractivity contribution < 1.29 is 0 Å². The summed E-state index contributed by atoms with van der Waals surface area (Å²) in [6, 6.07) is 65.3. The van der Waals surface area contributed by atoms with Gasteiger partial charge in [-0.25, -0.2) is 0 Å². The third-order valence-electron chi connectivity index (χ3n) is 14.3. The molecular formula is C64H52. The summed E-state index contributed by atoms with van der Waals surface area (Å²) in [6.07, 6.45) is 0. The predicted octanol–water partition coefficient (Wildman–Crippen LogP) is 18.3. The molecule has 0 amide bonds. The van der Waals surface area contributed by atoms with Gasteiger partial charge in [-0.2, -0.15) is 0 Å². The normalized spacial score (nSPS) is 12.7. The lowest BCUT2D eigenvalue weighted by Gasteiger charge is -2.24. The minimum absolute atomic E-state index is 0.00712. The van der Waals surface area contributed by atoms with E-state index in [2.05, 4.69) is 225 Å². The number of hydrogen-bond acceptors (Lipinski definition) is 0. The number of fused-ring (bicyclic) bond motifs is 8. The molecule has 0 heterocycles. The SMILES string of the molecule is Cc1cccc(-c2c3c(c(-c4cccc(C)c4)c4ccccc24)-c2ccc4c5c(ccc-3c25)-c2c-4c(-c3cccc(C(C)(C)C)c3)c3ccccc3c2-c2cccc(C(C)(C)C)c2)c1. The highest BCUT2D eigenvalue weighted by Crippen LogP contribution is 2.64. The molecule has 0 atom stereocenters. The van der Waals surface area contributed by atoms with E-state index in [0.717, 1.165) is 0 Å². The quantitative estimate of drug-likeness (QED) is 0.166. The van der Waals surface area contributed by atoms with Gasteiger partial charge in [-0.15, -0.1) is 0 Å². The van der Waals surface area contributed by atoms with E-state index >= 15 is 0 Å². The molecule has 0 saturated carbocycles. The van der Waals surface area contributed by atoms with Crippen LogP contribution in [-0.4, -0.2) is 0 Å². The molecule has 10 aromatic rings. The molecular weight excluding hydrogens is 769 g/mol. The van der Waals surface area contributed by atoms with Crippen LogP contribution in [0.15, 0.2) is 170 Å². The van der Waals surface area contributed by atoms with Crippen LogP contribution in [0.2, 0.25) is 0 Å². The van der Waals surface area contributed by atoms with Crippen LogP contribution < -0.4 is 0 Å². The second-order valence-electron chi connectivity index (χ2n) is 20.6. The number of aryl methyl sites for hydroxylation is 2. The zero-order valence-electron chi connectivity index (χ0n) is 38.2. The molecule has 0 spiro atoms. The van der Waals surface area contributed by atoms with Crippen LogP contribution in [0.25, 0.3) is 121 Å². The Balaban J connectivity index is 1.26. The van der Waals surface area contributed by atoms with Crippen LogP contribution >= 0.6 is 0 Å². The summed E-state index contributed by atoms with van der Waals surface area (Å²) in [4.78, 5) is 0. The number of hydrogen-bond donors (Lipinski definition) is 0. The maximum atomic E-state index is 2.48. The first-order valence-corrected chi connectivity index (χ1v) is 23.0. The summed E-state index contributed by atoms with van der Waals surface area (Å²) >= 11 is 0. The first kappa shape index (κ1) is 38.6. The van der Waals surface area contributed by atoms with Gasteiger partial charge in [0.1, 0.15) is 0 Å². The Labute approximate surface area is 377 Å². The van der Waals surface area contributed by atoms with Gasteiger partial charge in [0, 0.05) is 0 Å². The summed E-state index contributed by atoms with van der Waals surface area (Å²) in [7, 11) is 0. The Kier molecular flexibility index (Phi) is 8.29. The molecule has 308 valence electrons. The van der Waals surface area contributed by atoms with Gasteiger partial charge in [-0.05, 0) is 157 Å². The molecule has 0 N–H and O–H groups in total. The van der Waals surface area contributed by atoms with Gasteiger partial charge in [0.25, 0.3) is 0 Å². The van der Waals surface area contributed by atoms with Crippen molar-refractivity contribution in [2.75, 3.05) is 0 Å². The van der Waals surface area contributed by atoms with Crippen LogP contribution in [0.3, 0.4) is 0 Å². The molecule has 0 unspecified atom stereocenters. The lowest BCUT2D eigenvalue weighted by atomic mass is 9.79. The van der Waals surface area contributed by atoms with E-state index in [0.29, 0.717) is 0 Å². The van der Waals surface area contributed by atoms with Crippen molar-refractivity contribution in [1.29, 1.82) is 0 Å². The summed E-state index contributed by atoms with van der Waals surface area (Å²) in [5.74, 6) is 0. The maximum Gasteiger partial charge on any atom is -0.000740 e. The zero-order valence-corrected chi connectivity index (χ0v) is 38.2. The van der Waals surface area contributed by atoms with Gasteiger partial charge in [0.05, 0.1) is 0 Å². The van der Waals surface area contributed by atoms with Gasteiger partial charge in [0.2, 0.25) is 0 Å². The van der Waals surface area contributed by atoms with E-state index in [9.17, 15) is 0 Å². The first-order chi connectivity index (χ1) is 30.9. The molecule has 0 heteroatoms. The van der Waals surface area contributed by atoms with Crippen LogP contribution in [0.4, 0.5) is 0 Å². The average Bonchev–Trinajstić information content (AvgIpc) is 3.79. The Bertz CT molecular complexity index is 3400. The predicted molar refractivity (Wildman–Crippen MR) is 276 cm³/mol. The van der Waals surface area contributed by atoms with E-state index in [1.54, 1.807) is 0 Å². The van der Waals surface area contributed by atoms with Gasteiger partial charge in [-0.3, -0.25) is 0 Å². The summed E-state index contributed by atoms with van der Waals surface area (Å²) < 4.78 is 0. The highest BCUT2D eigenvalue weighted by atomic mass is 14.4. The van der Waals surface area contributed by atoms with Crippen molar-refractivity contribution in [3.05, 3.63) is 192 Å². The monoisotopic (exact) mass is 820 g/mol. The Morgan fingerprint density at radius 1 is 0.266 bits per heavy atom. The fraction of sp³-hybridized carbons (Fsp3) is 0.156. The van der Waals surface area contributed by atoms with Crippen LogP contribution in [0.1, 0.15) is 63.8 Å². The van der Waals surface area contributed by atoms with Gasteiger partial charge in [0.15, 0.2) is 0 Å². The van der Waals surface area contributed by atoms with Crippen LogP contribution in [0.5, 0.6) is 0 Å². The van der Waals surface area contributed by atoms with Crippen molar-refractivity contribution in [1.82, 2.24) is 0 Å². The van der Waals surface area contributed by atoms with E-state index in [4.69, 9.17) is 0 Å². The highest BCUT2D eigenvalue weighted by Gasteiger charge is 2.37. The second-order valence-corrected chi connectivity index (χ2v) is 20.6. The molecule has 2 aliphatic rings. The Hall–Kier alpha value is -7.02. The van der Waals surface area contributed by atoms with Crippen molar-refractivity contribution in [2.45, 2.75) is 66.2 Å². The van der Waals surface area contributed by atoms with Gasteiger partial charge >= 0.3 is 0 Å². The topological polar surface area (TPSA) is 0 Å². The molecule has 0 bridgehead atoms. The Morgan fingerprint density at radius 3 is 0.828 bits per heavy atom. The van der Waals surface area contributed by atoms with Crippen LogP contribution in [-0.2, 0) is 10.8 Å². The summed E-state index contributed by atoms with van der Waals surface area (Å²) in [5, 5.41) is 7.91. The number of benzene rings is 10. The first-order valence-electron chi connectivity index (χ1n) is 23.0. The fourth-order valence-corrected chi connectivity index (χ4v) is 11.4. The standard InChI is InChI=1S/C64H52/c1-37-17-13-19-39(33-37)53-45-25-9-10-26-46(45)54(40-20-14-18-38(2)34-40)60-50-30-32-52-58-51(31-29-49(57(50)58)59(53)60)61-55(41-21-15-23-43(35-41)63(3,4)5)47-27-11-12-28-48(47)56(62(52)61)42-22-16-24-44(36-42)64(6,7)8/h9-36H,1-8H3. The molecule has 0 fully saturated rings. The van der Waals surface area contributed by atoms with Gasteiger partial charge in [-0.1, -0.05) is 223 Å². The zero-order chi connectivity index (χ0) is 43.8. The van der Waals surface area contributed by atoms with E-state index in [-0.39, 0.29) is 10.8 Å². The molecule has 0 radical (unpaired) electrons. The third-order valence-corrected chi connectivity index (χ3v) is 14.3. The molecule has 2 aliphatic carbocycles. The van der Waals surface area contributed by atoms with Gasteiger partial charge < -0.3 is 0 Å². The lowest BCUT2D eigenvalue weighted by molar-refractivity contribution is 0.590. The molecule has 0 saturated heterocycles. The molecule has 12 rings (SSSR count). The second kappa shape index (κ2) is 13.7. The average molecular weight is 821 g/mol. The molecule has 0 aliphatic heterocycles. The fourth-order valence-electron chi connectivity index (χ4n) is 11.4. The van der Waals surface area contributed by atoms with E-state index in [1.165, 1.54) is 144 Å². The smallest absolute Gasteiger partial charge is 0.000740 e. The Morgan fingerprint density at radius 2 is 0.547 bits per heavy atom. The van der Waals surface area contributed by atoms with Crippen molar-refractivity contribution in [3.63, 3.8) is 0 Å². The lowest BCUT2D eigenvalue weighted by Crippen LogP contribution is -2.11. The molecule has 0 aromatic heterocycles. The molecule has 64 heavy (non-hydrogen) atoms.